The van der Waals surface area contributed by atoms with E-state index in [-0.39, 0.29) is 30.8 Å². The molecule has 1 aliphatic heterocycles. The zero-order valence-corrected chi connectivity index (χ0v) is 22.0. The first-order valence-corrected chi connectivity index (χ1v) is 13.2. The van der Waals surface area contributed by atoms with Gasteiger partial charge in [-0.15, -0.1) is 0 Å². The molecule has 0 bridgehead atoms. The minimum absolute atomic E-state index is 0.126. The number of Topliss-reactive ketones (excluding diaryl/α,β-unsaturated/α-hetero) is 1. The summed E-state index contributed by atoms with van der Waals surface area (Å²) in [5.74, 6) is -0.503. The maximum atomic E-state index is 13.8. The fourth-order valence-electron chi connectivity index (χ4n) is 5.05. The van der Waals surface area contributed by atoms with Gasteiger partial charge < -0.3 is 15.6 Å². The Hall–Kier alpha value is -4.46. The lowest BCUT2D eigenvalue weighted by Crippen LogP contribution is -2.60. The van der Waals surface area contributed by atoms with Gasteiger partial charge >= 0.3 is 6.18 Å². The minimum Gasteiger partial charge on any atom is -0.360 e. The van der Waals surface area contributed by atoms with Crippen molar-refractivity contribution >= 4 is 22.6 Å². The maximum absolute atomic E-state index is 13.8. The Morgan fingerprint density at radius 2 is 1.78 bits per heavy atom. The van der Waals surface area contributed by atoms with Crippen molar-refractivity contribution in [1.29, 1.82) is 5.26 Å². The molecule has 7 nitrogen and oxygen atoms in total. The van der Waals surface area contributed by atoms with Crippen LogP contribution in [0.15, 0.2) is 79.0 Å². The number of hydrogen-bond acceptors (Lipinski definition) is 5. The number of carbonyl (C=O) groups is 2. The third-order valence-electron chi connectivity index (χ3n) is 7.14. The molecule has 0 radical (unpaired) electrons. The van der Waals surface area contributed by atoms with Gasteiger partial charge in [-0.25, -0.2) is 0 Å². The van der Waals surface area contributed by atoms with Gasteiger partial charge in [0.05, 0.1) is 30.3 Å². The van der Waals surface area contributed by atoms with Crippen LogP contribution in [0.25, 0.3) is 10.9 Å². The Balaban J connectivity index is 1.27. The van der Waals surface area contributed by atoms with Gasteiger partial charge in [-0.05, 0) is 41.8 Å². The lowest BCUT2D eigenvalue weighted by atomic mass is 9.96. The number of amides is 1. The zero-order valence-electron chi connectivity index (χ0n) is 22.0. The van der Waals surface area contributed by atoms with Crippen LogP contribution < -0.4 is 10.6 Å². The van der Waals surface area contributed by atoms with E-state index in [1.807, 2.05) is 42.5 Å². The normalized spacial score (nSPS) is 14.8. The highest BCUT2D eigenvalue weighted by Crippen LogP contribution is 2.26. The molecular weight excluding hydrogens is 531 g/mol. The summed E-state index contributed by atoms with van der Waals surface area (Å²) in [6.07, 6.45) is -1.96. The molecule has 0 saturated carbocycles. The third-order valence-corrected chi connectivity index (χ3v) is 7.14. The lowest BCUT2D eigenvalue weighted by molar-refractivity contribution is -0.155. The van der Waals surface area contributed by atoms with Gasteiger partial charge in [-0.3, -0.25) is 14.5 Å². The van der Waals surface area contributed by atoms with Gasteiger partial charge in [0.1, 0.15) is 0 Å². The zero-order chi connectivity index (χ0) is 29.0. The molecule has 5 rings (SSSR count). The number of alkyl halides is 3. The number of halogens is 3. The Labute approximate surface area is 235 Å². The lowest BCUT2D eigenvalue weighted by Gasteiger charge is -2.39. The monoisotopic (exact) mass is 559 g/mol. The van der Waals surface area contributed by atoms with Crippen molar-refractivity contribution in [3.8, 4) is 6.07 Å². The standard InChI is InChI=1S/C31H28F3N5O2/c32-31(33,34)19-39-17-24(18-39)38-30(41)23-10-11-25-26(16-37-27(25)14-23)29(40)28(22-4-2-1-3-5-22)36-13-12-20-6-8-21(15-35)9-7-20/h1-11,14,16,24,28,36-37H,12-13,17-19H2,(H,38,41)/t28-/m1/s1. The van der Waals surface area contributed by atoms with E-state index in [9.17, 15) is 22.8 Å². The molecule has 4 aromatic rings. The summed E-state index contributed by atoms with van der Waals surface area (Å²) >= 11 is 0. The van der Waals surface area contributed by atoms with Crippen molar-refractivity contribution in [2.24, 2.45) is 0 Å². The largest absolute Gasteiger partial charge is 0.401 e. The highest BCUT2D eigenvalue weighted by Gasteiger charge is 2.37. The Bertz CT molecular complexity index is 1570. The van der Waals surface area contributed by atoms with Crippen molar-refractivity contribution in [2.75, 3.05) is 26.2 Å². The van der Waals surface area contributed by atoms with E-state index < -0.39 is 18.8 Å². The summed E-state index contributed by atoms with van der Waals surface area (Å²) in [7, 11) is 0. The summed E-state index contributed by atoms with van der Waals surface area (Å²) in [4.78, 5) is 30.9. The average Bonchev–Trinajstić information content (AvgIpc) is 3.37. The number of likely N-dealkylation sites (tertiary alicyclic amines) is 1. The minimum atomic E-state index is -4.26. The summed E-state index contributed by atoms with van der Waals surface area (Å²) in [5.41, 5.74) is 3.90. The van der Waals surface area contributed by atoms with Crippen LogP contribution in [0, 0.1) is 11.3 Å². The van der Waals surface area contributed by atoms with Gasteiger partial charge in [0.25, 0.3) is 5.91 Å². The van der Waals surface area contributed by atoms with Crippen molar-refractivity contribution in [3.63, 3.8) is 0 Å². The van der Waals surface area contributed by atoms with Crippen LogP contribution in [-0.2, 0) is 6.42 Å². The number of nitriles is 1. The fraction of sp³-hybridized carbons (Fsp3) is 0.258. The summed E-state index contributed by atoms with van der Waals surface area (Å²) < 4.78 is 37.6. The first-order valence-electron chi connectivity index (χ1n) is 13.2. The van der Waals surface area contributed by atoms with Crippen molar-refractivity contribution in [3.05, 3.63) is 107 Å². The first kappa shape index (κ1) is 28.1. The van der Waals surface area contributed by atoms with Crippen LogP contribution in [0.2, 0.25) is 0 Å². The van der Waals surface area contributed by atoms with Gasteiger partial charge in [-0.2, -0.15) is 18.4 Å². The van der Waals surface area contributed by atoms with E-state index >= 15 is 0 Å². The number of nitrogens with zero attached hydrogens (tertiary/aromatic N) is 2. The molecule has 3 N–H and O–H groups in total. The van der Waals surface area contributed by atoms with Crippen LogP contribution >= 0.6 is 0 Å². The average molecular weight is 560 g/mol. The smallest absolute Gasteiger partial charge is 0.360 e. The molecule has 1 aromatic heterocycles. The second-order valence-electron chi connectivity index (χ2n) is 10.2. The van der Waals surface area contributed by atoms with Gasteiger partial charge in [0.2, 0.25) is 0 Å². The number of H-pyrrole nitrogens is 1. The second kappa shape index (κ2) is 12.0. The summed E-state index contributed by atoms with van der Waals surface area (Å²) in [6.45, 7) is -0.161. The van der Waals surface area contributed by atoms with E-state index in [0.29, 0.717) is 40.6 Å². The number of hydrogen-bond donors (Lipinski definition) is 3. The second-order valence-corrected chi connectivity index (χ2v) is 10.2. The Morgan fingerprint density at radius 3 is 2.46 bits per heavy atom. The molecule has 2 heterocycles. The third kappa shape index (κ3) is 6.82. The number of aromatic nitrogens is 1. The quantitative estimate of drug-likeness (QED) is 0.243. The number of nitrogens with one attached hydrogen (secondary N) is 3. The van der Waals surface area contributed by atoms with Crippen LogP contribution in [0.4, 0.5) is 13.2 Å². The van der Waals surface area contributed by atoms with Crippen molar-refractivity contribution in [2.45, 2.75) is 24.7 Å². The van der Waals surface area contributed by atoms with Gasteiger partial charge in [0, 0.05) is 47.9 Å². The summed E-state index contributed by atoms with van der Waals surface area (Å²) in [6, 6.07) is 22.9. The van der Waals surface area contributed by atoms with Crippen molar-refractivity contribution in [1.82, 2.24) is 20.5 Å². The number of aromatic amines is 1. The van der Waals surface area contributed by atoms with Crippen LogP contribution in [0.3, 0.4) is 0 Å². The molecule has 3 aromatic carbocycles. The first-order chi connectivity index (χ1) is 19.7. The molecule has 1 amide bonds. The predicted molar refractivity (Wildman–Crippen MR) is 148 cm³/mol. The van der Waals surface area contributed by atoms with Gasteiger partial charge in [0.15, 0.2) is 5.78 Å². The fourth-order valence-corrected chi connectivity index (χ4v) is 5.05. The molecule has 1 fully saturated rings. The Kier molecular flexibility index (Phi) is 8.19. The maximum Gasteiger partial charge on any atom is 0.401 e. The van der Waals surface area contributed by atoms with E-state index in [1.54, 1.807) is 36.5 Å². The van der Waals surface area contributed by atoms with Crippen LogP contribution in [0.1, 0.15) is 43.4 Å². The summed E-state index contributed by atoms with van der Waals surface area (Å²) in [5, 5.41) is 15.8. The molecule has 0 aliphatic carbocycles. The van der Waals surface area contributed by atoms with Gasteiger partial charge in [-0.1, -0.05) is 48.5 Å². The number of carbonyl (C=O) groups excluding carboxylic acids is 2. The SMILES string of the molecule is N#Cc1ccc(CCN[C@@H](C(=O)c2c[nH]c3cc(C(=O)NC4CN(CC(F)(F)F)C4)ccc23)c2ccccc2)cc1. The molecule has 210 valence electrons. The molecule has 10 heteroatoms. The topological polar surface area (TPSA) is 101 Å². The number of rotatable bonds is 10. The number of fused-ring (bicyclic) bond motifs is 1. The number of ketones is 1. The van der Waals surface area contributed by atoms with E-state index in [4.69, 9.17) is 5.26 Å². The molecular formula is C31H28F3N5O2. The van der Waals surface area contributed by atoms with Crippen LogP contribution in [-0.4, -0.2) is 60.0 Å². The molecule has 0 unspecified atom stereocenters. The molecule has 1 saturated heterocycles. The van der Waals surface area contributed by atoms with E-state index in [0.717, 1.165) is 11.1 Å². The predicted octanol–water partition coefficient (Wildman–Crippen LogP) is 4.77. The molecule has 1 atom stereocenters. The molecule has 0 spiro atoms. The van der Waals surface area contributed by atoms with Crippen LogP contribution in [0.5, 0.6) is 0 Å². The Morgan fingerprint density at radius 1 is 1.05 bits per heavy atom. The highest BCUT2D eigenvalue weighted by atomic mass is 19.4. The van der Waals surface area contributed by atoms with E-state index in [1.165, 1.54) is 4.90 Å². The number of benzene rings is 3. The van der Waals surface area contributed by atoms with Crippen molar-refractivity contribution < 1.29 is 22.8 Å². The molecule has 41 heavy (non-hydrogen) atoms. The molecule has 1 aliphatic rings. The highest BCUT2D eigenvalue weighted by molar-refractivity contribution is 6.11. The van der Waals surface area contributed by atoms with E-state index in [2.05, 4.69) is 21.7 Å².